The lowest BCUT2D eigenvalue weighted by Crippen LogP contribution is -2.57. The van der Waals surface area contributed by atoms with Crippen molar-refractivity contribution in [2.75, 3.05) is 51.3 Å². The fourth-order valence-corrected chi connectivity index (χ4v) is 5.21. The number of alkyl halides is 2. The standard InChI is InChI=1S/C26H36F2N4O4/c1-5-26(2,3)22(25(35)32-14-18(23(27)28)21-20(32)19(33)15-36-21)29-24(34)16-6-8-17(9-7-16)31-12-10-30(4)11-13-31/h6-9,18,20-23H,5,10-15H2,1-4H3,(H,29,34)/t18-,20+,21-,22+/m0/s1. The van der Waals surface area contributed by atoms with Gasteiger partial charge in [-0.05, 0) is 43.1 Å². The second-order valence-corrected chi connectivity index (χ2v) is 10.8. The number of halogens is 2. The molecule has 2 amide bonds. The number of nitrogens with zero attached hydrogens (tertiary/aromatic N) is 3. The maximum Gasteiger partial charge on any atom is 0.251 e. The van der Waals surface area contributed by atoms with Crippen molar-refractivity contribution in [2.24, 2.45) is 11.3 Å². The monoisotopic (exact) mass is 506 g/mol. The fraction of sp³-hybridized carbons (Fsp3) is 0.654. The van der Waals surface area contributed by atoms with Crippen LogP contribution in [0.5, 0.6) is 0 Å². The fourth-order valence-electron chi connectivity index (χ4n) is 5.21. The highest BCUT2D eigenvalue weighted by Crippen LogP contribution is 2.37. The number of piperazine rings is 1. The molecule has 0 saturated carbocycles. The van der Waals surface area contributed by atoms with Gasteiger partial charge in [-0.3, -0.25) is 14.4 Å². The molecular formula is C26H36F2N4O4. The van der Waals surface area contributed by atoms with Gasteiger partial charge in [0, 0.05) is 44.0 Å². The van der Waals surface area contributed by atoms with Crippen molar-refractivity contribution in [3.05, 3.63) is 29.8 Å². The Hall–Kier alpha value is -2.59. The number of rotatable bonds is 7. The van der Waals surface area contributed by atoms with Gasteiger partial charge in [-0.15, -0.1) is 0 Å². The van der Waals surface area contributed by atoms with Gasteiger partial charge >= 0.3 is 0 Å². The molecule has 0 aromatic heterocycles. The molecule has 0 unspecified atom stereocenters. The van der Waals surface area contributed by atoms with Gasteiger partial charge in [0.15, 0.2) is 5.78 Å². The Kier molecular flexibility index (Phi) is 7.66. The van der Waals surface area contributed by atoms with E-state index in [0.717, 1.165) is 31.9 Å². The van der Waals surface area contributed by atoms with Crippen LogP contribution in [0.15, 0.2) is 24.3 Å². The molecule has 0 radical (unpaired) electrons. The smallest absolute Gasteiger partial charge is 0.251 e. The summed E-state index contributed by atoms with van der Waals surface area (Å²) in [5.41, 5.74) is 0.762. The number of Topliss-reactive ketones (excluding diaryl/α,β-unsaturated/α-hetero) is 1. The van der Waals surface area contributed by atoms with E-state index in [1.165, 1.54) is 4.90 Å². The number of likely N-dealkylation sites (tertiary alicyclic amines) is 1. The second kappa shape index (κ2) is 10.4. The van der Waals surface area contributed by atoms with Crippen molar-refractivity contribution in [3.8, 4) is 0 Å². The average Bonchev–Trinajstić information content (AvgIpc) is 3.43. The number of hydrogen-bond acceptors (Lipinski definition) is 6. The third-order valence-corrected chi connectivity index (χ3v) is 8.04. The van der Waals surface area contributed by atoms with Crippen molar-refractivity contribution in [1.82, 2.24) is 15.1 Å². The Morgan fingerprint density at radius 3 is 2.36 bits per heavy atom. The highest BCUT2D eigenvalue weighted by molar-refractivity contribution is 5.99. The molecule has 4 atom stereocenters. The van der Waals surface area contributed by atoms with E-state index in [-0.39, 0.29) is 18.9 Å². The quantitative estimate of drug-likeness (QED) is 0.610. The predicted molar refractivity (Wildman–Crippen MR) is 131 cm³/mol. The molecule has 3 heterocycles. The number of ether oxygens (including phenoxy) is 1. The summed E-state index contributed by atoms with van der Waals surface area (Å²) in [6, 6.07) is 5.24. The van der Waals surface area contributed by atoms with Crippen LogP contribution in [0.25, 0.3) is 0 Å². The zero-order valence-electron chi connectivity index (χ0n) is 21.4. The number of carbonyl (C=O) groups excluding carboxylic acids is 3. The van der Waals surface area contributed by atoms with Crippen molar-refractivity contribution < 1.29 is 27.9 Å². The first kappa shape index (κ1) is 26.5. The number of anilines is 1. The summed E-state index contributed by atoms with van der Waals surface area (Å²) in [5, 5.41) is 2.85. The SMILES string of the molecule is CCC(C)(C)[C@H](NC(=O)c1ccc(N2CCN(C)CC2)cc1)C(=O)N1C[C@H](C(F)F)[C@@H]2OCC(=O)[C@H]21. The lowest BCUT2D eigenvalue weighted by atomic mass is 9.80. The molecule has 3 fully saturated rings. The Morgan fingerprint density at radius 2 is 1.78 bits per heavy atom. The van der Waals surface area contributed by atoms with Gasteiger partial charge in [-0.25, -0.2) is 8.78 Å². The number of amides is 2. The highest BCUT2D eigenvalue weighted by atomic mass is 19.3. The van der Waals surface area contributed by atoms with Crippen LogP contribution in [0.4, 0.5) is 14.5 Å². The van der Waals surface area contributed by atoms with Crippen LogP contribution in [-0.4, -0.2) is 98.4 Å². The lowest BCUT2D eigenvalue weighted by molar-refractivity contribution is -0.140. The minimum Gasteiger partial charge on any atom is -0.369 e. The molecule has 0 aliphatic carbocycles. The van der Waals surface area contributed by atoms with E-state index >= 15 is 0 Å². The van der Waals surface area contributed by atoms with E-state index < -0.39 is 47.8 Å². The molecule has 4 rings (SSSR count). The molecule has 3 aliphatic rings. The summed E-state index contributed by atoms with van der Waals surface area (Å²) in [6.45, 7) is 8.78. The summed E-state index contributed by atoms with van der Waals surface area (Å²) >= 11 is 0. The summed E-state index contributed by atoms with van der Waals surface area (Å²) in [7, 11) is 2.09. The molecule has 3 saturated heterocycles. The first-order valence-corrected chi connectivity index (χ1v) is 12.6. The molecule has 10 heteroatoms. The van der Waals surface area contributed by atoms with E-state index in [1.807, 2.05) is 32.9 Å². The minimum absolute atomic E-state index is 0.274. The van der Waals surface area contributed by atoms with Crippen molar-refractivity contribution in [3.63, 3.8) is 0 Å². The second-order valence-electron chi connectivity index (χ2n) is 10.8. The molecule has 198 valence electrons. The molecule has 8 nitrogen and oxygen atoms in total. The molecule has 1 N–H and O–H groups in total. The summed E-state index contributed by atoms with van der Waals surface area (Å²) in [4.78, 5) is 45.1. The molecule has 3 aliphatic heterocycles. The van der Waals surface area contributed by atoms with Gasteiger partial charge in [-0.1, -0.05) is 20.8 Å². The summed E-state index contributed by atoms with van der Waals surface area (Å²) < 4.78 is 32.6. The number of benzene rings is 1. The minimum atomic E-state index is -2.72. The van der Waals surface area contributed by atoms with Gasteiger partial charge < -0.3 is 24.8 Å². The topological polar surface area (TPSA) is 82.2 Å². The lowest BCUT2D eigenvalue weighted by Gasteiger charge is -2.37. The summed E-state index contributed by atoms with van der Waals surface area (Å²) in [6.07, 6.45) is -3.17. The average molecular weight is 507 g/mol. The van der Waals surface area contributed by atoms with Crippen LogP contribution < -0.4 is 10.2 Å². The molecule has 36 heavy (non-hydrogen) atoms. The Morgan fingerprint density at radius 1 is 1.14 bits per heavy atom. The maximum atomic E-state index is 13.7. The van der Waals surface area contributed by atoms with Gasteiger partial charge in [-0.2, -0.15) is 0 Å². The number of nitrogens with one attached hydrogen (secondary N) is 1. The van der Waals surface area contributed by atoms with Crippen LogP contribution in [-0.2, 0) is 14.3 Å². The van der Waals surface area contributed by atoms with Crippen LogP contribution >= 0.6 is 0 Å². The molecular weight excluding hydrogens is 470 g/mol. The number of hydrogen-bond donors (Lipinski definition) is 1. The van der Waals surface area contributed by atoms with Crippen molar-refractivity contribution >= 4 is 23.3 Å². The Labute approximate surface area is 210 Å². The zero-order chi connectivity index (χ0) is 26.2. The first-order valence-electron chi connectivity index (χ1n) is 12.6. The van der Waals surface area contributed by atoms with E-state index in [0.29, 0.717) is 12.0 Å². The van der Waals surface area contributed by atoms with Crippen LogP contribution in [0, 0.1) is 11.3 Å². The van der Waals surface area contributed by atoms with Crippen molar-refractivity contribution in [1.29, 1.82) is 0 Å². The van der Waals surface area contributed by atoms with Crippen LogP contribution in [0.1, 0.15) is 37.6 Å². The predicted octanol–water partition coefficient (Wildman–Crippen LogP) is 2.03. The number of likely N-dealkylation sites (N-methyl/N-ethyl adjacent to an activating group) is 1. The Balaban J connectivity index is 1.51. The highest BCUT2D eigenvalue weighted by Gasteiger charge is 2.56. The van der Waals surface area contributed by atoms with E-state index in [4.69, 9.17) is 4.74 Å². The molecule has 0 spiro atoms. The van der Waals surface area contributed by atoms with Gasteiger partial charge in [0.25, 0.3) is 5.91 Å². The van der Waals surface area contributed by atoms with E-state index in [2.05, 4.69) is 22.2 Å². The van der Waals surface area contributed by atoms with Gasteiger partial charge in [0.1, 0.15) is 18.7 Å². The Bertz CT molecular complexity index is 979. The van der Waals surface area contributed by atoms with Crippen molar-refractivity contribution in [2.45, 2.75) is 51.8 Å². The van der Waals surface area contributed by atoms with E-state index in [9.17, 15) is 23.2 Å². The van der Waals surface area contributed by atoms with Gasteiger partial charge in [0.2, 0.25) is 12.3 Å². The number of fused-ring (bicyclic) bond motifs is 1. The van der Waals surface area contributed by atoms with E-state index in [1.54, 1.807) is 12.1 Å². The van der Waals surface area contributed by atoms with Gasteiger partial charge in [0.05, 0.1) is 12.0 Å². The maximum absolute atomic E-state index is 13.7. The largest absolute Gasteiger partial charge is 0.369 e. The molecule has 1 aromatic carbocycles. The van der Waals surface area contributed by atoms with Crippen LogP contribution in [0.3, 0.4) is 0 Å². The molecule has 1 aromatic rings. The molecule has 0 bridgehead atoms. The third-order valence-electron chi connectivity index (χ3n) is 8.04. The summed E-state index contributed by atoms with van der Waals surface area (Å²) in [5.74, 6) is -2.56. The number of carbonyl (C=O) groups is 3. The zero-order valence-corrected chi connectivity index (χ0v) is 21.4. The van der Waals surface area contributed by atoms with Crippen LogP contribution in [0.2, 0.25) is 0 Å². The first-order chi connectivity index (χ1) is 17.0. The third kappa shape index (κ3) is 5.11. The normalized spacial score (nSPS) is 25.9. The number of ketones is 1.